The number of carbonyl (C=O) groups excluding carboxylic acids is 3. The molecule has 4 heteroatoms. The summed E-state index contributed by atoms with van der Waals surface area (Å²) in [6.45, 7) is 1.40. The summed E-state index contributed by atoms with van der Waals surface area (Å²) in [6.07, 6.45) is 9.63. The van der Waals surface area contributed by atoms with E-state index in [-0.39, 0.29) is 24.0 Å². The summed E-state index contributed by atoms with van der Waals surface area (Å²) in [7, 11) is 0. The van der Waals surface area contributed by atoms with Crippen LogP contribution in [-0.4, -0.2) is 23.9 Å². The number of Topliss-reactive ketones (excluding diaryl/α,β-unsaturated/α-hetero) is 2. The summed E-state index contributed by atoms with van der Waals surface area (Å²) in [5.41, 5.74) is 7.41. The third-order valence-electron chi connectivity index (χ3n) is 2.83. The Morgan fingerprint density at radius 2 is 2.16 bits per heavy atom. The Labute approximate surface area is 113 Å². The van der Waals surface area contributed by atoms with Crippen molar-refractivity contribution < 1.29 is 14.4 Å². The van der Waals surface area contributed by atoms with Crippen LogP contribution >= 0.6 is 0 Å². The van der Waals surface area contributed by atoms with Gasteiger partial charge in [0, 0.05) is 18.0 Å². The van der Waals surface area contributed by atoms with E-state index >= 15 is 0 Å². The van der Waals surface area contributed by atoms with Crippen molar-refractivity contribution in [1.29, 1.82) is 0 Å². The average molecular weight is 261 g/mol. The molecule has 102 valence electrons. The molecule has 0 heterocycles. The number of carbonyl (C=O) groups is 3. The van der Waals surface area contributed by atoms with E-state index in [1.54, 1.807) is 12.2 Å². The second-order valence-corrected chi connectivity index (χ2v) is 4.72. The Morgan fingerprint density at radius 3 is 2.79 bits per heavy atom. The number of rotatable bonds is 7. The van der Waals surface area contributed by atoms with Crippen molar-refractivity contribution in [3.05, 3.63) is 35.5 Å². The van der Waals surface area contributed by atoms with E-state index in [1.807, 2.05) is 12.2 Å². The van der Waals surface area contributed by atoms with Gasteiger partial charge in [-0.3, -0.25) is 9.59 Å². The summed E-state index contributed by atoms with van der Waals surface area (Å²) < 4.78 is 0. The van der Waals surface area contributed by atoms with Gasteiger partial charge in [-0.25, -0.2) is 0 Å². The maximum Gasteiger partial charge on any atom is 0.170 e. The molecule has 0 aromatic carbocycles. The third-order valence-corrected chi connectivity index (χ3v) is 2.83. The normalized spacial score (nSPS) is 16.1. The number of hydrogen-bond donors (Lipinski definition) is 1. The molecule has 0 amide bonds. The highest BCUT2D eigenvalue weighted by Crippen LogP contribution is 2.17. The Balaban J connectivity index is 2.70. The van der Waals surface area contributed by atoms with Gasteiger partial charge in [-0.1, -0.05) is 29.9 Å². The molecule has 0 saturated carbocycles. The molecule has 4 nitrogen and oxygen atoms in total. The van der Waals surface area contributed by atoms with Crippen molar-refractivity contribution >= 4 is 17.9 Å². The van der Waals surface area contributed by atoms with Crippen molar-refractivity contribution in [2.75, 3.05) is 0 Å². The van der Waals surface area contributed by atoms with Crippen LogP contribution in [0.25, 0.3) is 0 Å². The molecule has 1 unspecified atom stereocenters. The largest absolute Gasteiger partial charge is 0.327 e. The Hall–Kier alpha value is -1.81. The van der Waals surface area contributed by atoms with Crippen LogP contribution in [0.1, 0.15) is 32.6 Å². The second-order valence-electron chi connectivity index (χ2n) is 4.72. The number of aldehydes is 1. The van der Waals surface area contributed by atoms with E-state index < -0.39 is 0 Å². The first-order valence-electron chi connectivity index (χ1n) is 6.31. The maximum atomic E-state index is 11.8. The molecule has 0 fully saturated rings. The van der Waals surface area contributed by atoms with Crippen LogP contribution in [0.5, 0.6) is 0 Å². The van der Waals surface area contributed by atoms with Crippen LogP contribution in [0.15, 0.2) is 35.5 Å². The van der Waals surface area contributed by atoms with Crippen molar-refractivity contribution in [3.63, 3.8) is 0 Å². The summed E-state index contributed by atoms with van der Waals surface area (Å²) in [5, 5.41) is 0. The Kier molecular flexibility index (Phi) is 6.09. The van der Waals surface area contributed by atoms with Gasteiger partial charge in [-0.05, 0) is 19.8 Å². The highest BCUT2D eigenvalue weighted by Gasteiger charge is 2.11. The molecular weight excluding hydrogens is 242 g/mol. The Morgan fingerprint density at radius 1 is 1.42 bits per heavy atom. The van der Waals surface area contributed by atoms with Crippen LogP contribution in [0.3, 0.4) is 0 Å². The highest BCUT2D eigenvalue weighted by atomic mass is 16.1. The minimum atomic E-state index is -0.181. The van der Waals surface area contributed by atoms with E-state index in [9.17, 15) is 14.4 Å². The molecule has 0 aliphatic heterocycles. The lowest BCUT2D eigenvalue weighted by atomic mass is 10.0. The van der Waals surface area contributed by atoms with E-state index in [2.05, 4.69) is 0 Å². The highest BCUT2D eigenvalue weighted by molar-refractivity contribution is 6.08. The van der Waals surface area contributed by atoms with Gasteiger partial charge in [0.1, 0.15) is 12.1 Å². The number of hydrogen-bond acceptors (Lipinski definition) is 4. The monoisotopic (exact) mass is 261 g/mol. The van der Waals surface area contributed by atoms with Crippen LogP contribution in [0, 0.1) is 0 Å². The van der Waals surface area contributed by atoms with E-state index in [0.717, 1.165) is 11.9 Å². The third kappa shape index (κ3) is 5.57. The lowest BCUT2D eigenvalue weighted by molar-refractivity contribution is -0.123. The van der Waals surface area contributed by atoms with Crippen LogP contribution in [0.2, 0.25) is 0 Å². The topological polar surface area (TPSA) is 77.2 Å². The molecule has 1 rings (SSSR count). The molecule has 1 aliphatic carbocycles. The number of nitrogens with two attached hydrogens (primary N) is 1. The first-order chi connectivity index (χ1) is 9.02. The smallest absolute Gasteiger partial charge is 0.170 e. The molecule has 0 spiro atoms. The summed E-state index contributed by atoms with van der Waals surface area (Å²) in [5.74, 6) is -0.306. The molecule has 0 bridgehead atoms. The summed E-state index contributed by atoms with van der Waals surface area (Å²) in [4.78, 5) is 33.0. The fourth-order valence-corrected chi connectivity index (χ4v) is 1.88. The maximum absolute atomic E-state index is 11.8. The van der Waals surface area contributed by atoms with Crippen molar-refractivity contribution in [2.45, 2.75) is 38.6 Å². The predicted molar refractivity (Wildman–Crippen MR) is 73.5 cm³/mol. The minimum absolute atomic E-state index is 0.0655. The van der Waals surface area contributed by atoms with Crippen LogP contribution < -0.4 is 5.73 Å². The van der Waals surface area contributed by atoms with E-state index in [1.165, 1.54) is 6.92 Å². The van der Waals surface area contributed by atoms with Gasteiger partial charge in [-0.15, -0.1) is 0 Å². The second kappa shape index (κ2) is 7.59. The lowest BCUT2D eigenvalue weighted by Crippen LogP contribution is -2.20. The molecule has 0 aromatic rings. The molecular formula is C15H19NO3. The van der Waals surface area contributed by atoms with Gasteiger partial charge >= 0.3 is 0 Å². The first-order valence-corrected chi connectivity index (χ1v) is 6.31. The van der Waals surface area contributed by atoms with Crippen molar-refractivity contribution in [3.8, 4) is 0 Å². The molecule has 0 radical (unpaired) electrons. The van der Waals surface area contributed by atoms with Gasteiger partial charge in [0.15, 0.2) is 5.78 Å². The lowest BCUT2D eigenvalue weighted by Gasteiger charge is -2.09. The number of allylic oxidation sites excluding steroid dienone is 5. The minimum Gasteiger partial charge on any atom is -0.327 e. The zero-order chi connectivity index (χ0) is 14.3. The Bertz CT molecular complexity index is 458. The fourth-order valence-electron chi connectivity index (χ4n) is 1.88. The standard InChI is InChI=1S/C15H19NO3/c1-11(18)9-15(19)13-4-2-3-12(5-6-13)10-14(16)7-8-17/h2,4-6,8,14H,3,7,9-10,16H2,1H3. The first kappa shape index (κ1) is 15.2. The van der Waals surface area contributed by atoms with Gasteiger partial charge in [0.05, 0.1) is 6.42 Å². The zero-order valence-corrected chi connectivity index (χ0v) is 11.1. The van der Waals surface area contributed by atoms with Gasteiger partial charge < -0.3 is 10.5 Å². The number of ketones is 2. The molecule has 1 aliphatic rings. The average Bonchev–Trinajstić information content (AvgIpc) is 2.54. The van der Waals surface area contributed by atoms with Crippen LogP contribution in [0.4, 0.5) is 0 Å². The van der Waals surface area contributed by atoms with E-state index in [0.29, 0.717) is 24.8 Å². The van der Waals surface area contributed by atoms with Crippen LogP contribution in [-0.2, 0) is 14.4 Å². The van der Waals surface area contributed by atoms with Gasteiger partial charge in [0.25, 0.3) is 0 Å². The predicted octanol–water partition coefficient (Wildman–Crippen LogP) is 1.65. The molecule has 0 saturated heterocycles. The van der Waals surface area contributed by atoms with Gasteiger partial charge in [-0.2, -0.15) is 0 Å². The van der Waals surface area contributed by atoms with E-state index in [4.69, 9.17) is 5.73 Å². The quantitative estimate of drug-likeness (QED) is 0.558. The molecule has 2 N–H and O–H groups in total. The zero-order valence-electron chi connectivity index (χ0n) is 11.1. The van der Waals surface area contributed by atoms with Crippen molar-refractivity contribution in [2.24, 2.45) is 5.73 Å². The molecule has 1 atom stereocenters. The SMILES string of the molecule is CC(=O)CC(=O)C1=CC=C(CC(N)CC=O)CC=C1. The molecule has 19 heavy (non-hydrogen) atoms. The fraction of sp³-hybridized carbons (Fsp3) is 0.400. The summed E-state index contributed by atoms with van der Waals surface area (Å²) in [6, 6.07) is -0.181. The van der Waals surface area contributed by atoms with Gasteiger partial charge in [0.2, 0.25) is 0 Å². The molecule has 0 aromatic heterocycles. The summed E-state index contributed by atoms with van der Waals surface area (Å²) >= 11 is 0. The van der Waals surface area contributed by atoms with Crippen molar-refractivity contribution in [1.82, 2.24) is 0 Å².